The minimum Gasteiger partial charge on any atom is -0.489 e. The third-order valence-electron chi connectivity index (χ3n) is 6.84. The molecule has 0 amide bonds. The van der Waals surface area contributed by atoms with Gasteiger partial charge in [0.05, 0.1) is 36.1 Å². The quantitative estimate of drug-likeness (QED) is 0.567. The lowest BCUT2D eigenvalue weighted by molar-refractivity contribution is -0.143. The van der Waals surface area contributed by atoms with E-state index in [9.17, 15) is 8.78 Å². The van der Waals surface area contributed by atoms with E-state index in [4.69, 9.17) is 14.2 Å². The van der Waals surface area contributed by atoms with Gasteiger partial charge in [0.25, 0.3) is 5.92 Å². The summed E-state index contributed by atoms with van der Waals surface area (Å²) in [6.07, 6.45) is -0.314. The van der Waals surface area contributed by atoms with Crippen molar-refractivity contribution in [3.63, 3.8) is 0 Å². The lowest BCUT2D eigenvalue weighted by Gasteiger charge is -2.38. The normalized spacial score (nSPS) is 22.7. The van der Waals surface area contributed by atoms with E-state index < -0.39 is 23.7 Å². The summed E-state index contributed by atoms with van der Waals surface area (Å²) in [6.45, 7) is 5.74. The highest BCUT2D eigenvalue weighted by molar-refractivity contribution is 5.92. The smallest absolute Gasteiger partial charge is 0.256 e. The number of alkyl halides is 2. The van der Waals surface area contributed by atoms with Gasteiger partial charge in [0.1, 0.15) is 30.7 Å². The first-order chi connectivity index (χ1) is 16.2. The molecule has 3 aliphatic rings. The van der Waals surface area contributed by atoms with Crippen molar-refractivity contribution in [1.29, 1.82) is 0 Å². The molecular weight excluding hydrogens is 447 g/mol. The number of nitrogens with zero attached hydrogens (tertiary/aromatic N) is 2. The van der Waals surface area contributed by atoms with Crippen molar-refractivity contribution in [3.05, 3.63) is 53.1 Å². The molecule has 2 atom stereocenters. The van der Waals surface area contributed by atoms with Gasteiger partial charge in [-0.25, -0.2) is 23.1 Å². The van der Waals surface area contributed by atoms with Crippen LogP contribution in [0.3, 0.4) is 0 Å². The van der Waals surface area contributed by atoms with Crippen LogP contribution in [0.5, 0.6) is 11.5 Å². The summed E-state index contributed by atoms with van der Waals surface area (Å²) in [4.78, 5) is 9.07. The molecule has 3 aromatic rings. The number of aryl methyl sites for hydroxylation is 1. The maximum absolute atomic E-state index is 15.2. The standard InChI is InChI=1S/C25H24F3N3O3/c1-13(15-4-3-5-16(22(15)26)18-8-25(18,27)28)29-23-17-6-20-21(7-19(17)30-14(2)31-23)34-12-24(11-33-20)9-32-10-24/h3-7,13,18H,8-12H2,1-2H3,(H,29,30,31). The van der Waals surface area contributed by atoms with Crippen LogP contribution in [0.25, 0.3) is 10.9 Å². The van der Waals surface area contributed by atoms with E-state index in [0.29, 0.717) is 66.0 Å². The van der Waals surface area contributed by atoms with Crippen LogP contribution in [0.2, 0.25) is 0 Å². The Morgan fingerprint density at radius 1 is 1.06 bits per heavy atom. The van der Waals surface area contributed by atoms with Gasteiger partial charge in [0.2, 0.25) is 0 Å². The maximum Gasteiger partial charge on any atom is 0.256 e. The average Bonchev–Trinajstić information content (AvgIpc) is 3.45. The predicted octanol–water partition coefficient (Wildman–Crippen LogP) is 5.16. The van der Waals surface area contributed by atoms with Gasteiger partial charge in [0.15, 0.2) is 11.5 Å². The second-order valence-corrected chi connectivity index (χ2v) is 9.64. The van der Waals surface area contributed by atoms with Crippen molar-refractivity contribution in [3.8, 4) is 11.5 Å². The molecule has 34 heavy (non-hydrogen) atoms. The van der Waals surface area contributed by atoms with Crippen LogP contribution >= 0.6 is 0 Å². The number of rotatable bonds is 4. The highest BCUT2D eigenvalue weighted by atomic mass is 19.3. The molecule has 6 rings (SSSR count). The van der Waals surface area contributed by atoms with Gasteiger partial charge in [-0.2, -0.15) is 0 Å². The van der Waals surface area contributed by atoms with Gasteiger partial charge < -0.3 is 19.5 Å². The highest BCUT2D eigenvalue weighted by Gasteiger charge is 2.58. The van der Waals surface area contributed by atoms with Gasteiger partial charge in [0, 0.05) is 23.4 Å². The summed E-state index contributed by atoms with van der Waals surface area (Å²) in [5, 5.41) is 3.96. The molecule has 2 unspecified atom stereocenters. The highest BCUT2D eigenvalue weighted by Crippen LogP contribution is 2.56. The second-order valence-electron chi connectivity index (χ2n) is 9.64. The molecule has 3 heterocycles. The molecule has 9 heteroatoms. The van der Waals surface area contributed by atoms with Crippen LogP contribution in [0.4, 0.5) is 19.0 Å². The Kier molecular flexibility index (Phi) is 4.71. The molecule has 1 saturated carbocycles. The molecule has 1 aliphatic carbocycles. The summed E-state index contributed by atoms with van der Waals surface area (Å²) < 4.78 is 59.8. The third-order valence-corrected chi connectivity index (χ3v) is 6.84. The number of anilines is 1. The first-order valence-electron chi connectivity index (χ1n) is 11.3. The van der Waals surface area contributed by atoms with E-state index in [1.165, 1.54) is 6.07 Å². The lowest BCUT2D eigenvalue weighted by Crippen LogP contribution is -2.50. The largest absolute Gasteiger partial charge is 0.489 e. The van der Waals surface area contributed by atoms with E-state index in [-0.39, 0.29) is 17.4 Å². The molecular formula is C25H24F3N3O3. The Morgan fingerprint density at radius 2 is 1.76 bits per heavy atom. The summed E-state index contributed by atoms with van der Waals surface area (Å²) in [5.41, 5.74) is 0.899. The zero-order chi connectivity index (χ0) is 23.7. The average molecular weight is 471 g/mol. The van der Waals surface area contributed by atoms with E-state index in [1.807, 2.05) is 12.1 Å². The molecule has 1 saturated heterocycles. The molecule has 6 nitrogen and oxygen atoms in total. The molecule has 0 radical (unpaired) electrons. The topological polar surface area (TPSA) is 65.5 Å². The number of nitrogens with one attached hydrogen (secondary N) is 1. The van der Waals surface area contributed by atoms with Gasteiger partial charge in [-0.15, -0.1) is 0 Å². The van der Waals surface area contributed by atoms with Crippen LogP contribution < -0.4 is 14.8 Å². The molecule has 2 aliphatic heterocycles. The van der Waals surface area contributed by atoms with Crippen molar-refractivity contribution in [2.45, 2.75) is 38.2 Å². The minimum absolute atomic E-state index is 0.0599. The summed E-state index contributed by atoms with van der Waals surface area (Å²) in [7, 11) is 0. The van der Waals surface area contributed by atoms with E-state index in [1.54, 1.807) is 26.0 Å². The Labute approximate surface area is 194 Å². The predicted molar refractivity (Wildman–Crippen MR) is 119 cm³/mol. The molecule has 178 valence electrons. The second kappa shape index (κ2) is 7.46. The third kappa shape index (κ3) is 3.53. The van der Waals surface area contributed by atoms with Gasteiger partial charge >= 0.3 is 0 Å². The zero-order valence-corrected chi connectivity index (χ0v) is 18.8. The van der Waals surface area contributed by atoms with Crippen LogP contribution in [-0.4, -0.2) is 42.3 Å². The van der Waals surface area contributed by atoms with E-state index in [0.717, 1.165) is 0 Å². The molecule has 1 spiro atoms. The van der Waals surface area contributed by atoms with Crippen LogP contribution in [0.1, 0.15) is 42.3 Å². The van der Waals surface area contributed by atoms with E-state index in [2.05, 4.69) is 15.3 Å². The van der Waals surface area contributed by atoms with Crippen LogP contribution in [0, 0.1) is 18.2 Å². The Balaban J connectivity index is 1.33. The zero-order valence-electron chi connectivity index (χ0n) is 18.8. The molecule has 2 fully saturated rings. The number of benzene rings is 2. The number of aromatic nitrogens is 2. The maximum atomic E-state index is 15.2. The van der Waals surface area contributed by atoms with Crippen molar-refractivity contribution < 1.29 is 27.4 Å². The number of hydrogen-bond donors (Lipinski definition) is 1. The van der Waals surface area contributed by atoms with Crippen LogP contribution in [-0.2, 0) is 4.74 Å². The molecule has 0 bridgehead atoms. The fourth-order valence-corrected chi connectivity index (χ4v) is 4.65. The van der Waals surface area contributed by atoms with Crippen molar-refractivity contribution in [2.75, 3.05) is 31.7 Å². The number of fused-ring (bicyclic) bond motifs is 2. The van der Waals surface area contributed by atoms with Crippen molar-refractivity contribution in [1.82, 2.24) is 9.97 Å². The Hall–Kier alpha value is -3.07. The lowest BCUT2D eigenvalue weighted by atomic mass is 9.88. The molecule has 1 N–H and O–H groups in total. The van der Waals surface area contributed by atoms with Crippen molar-refractivity contribution >= 4 is 16.7 Å². The van der Waals surface area contributed by atoms with Crippen molar-refractivity contribution in [2.24, 2.45) is 5.41 Å². The monoisotopic (exact) mass is 471 g/mol. The summed E-state index contributed by atoms with van der Waals surface area (Å²) in [6, 6.07) is 7.80. The first kappa shape index (κ1) is 21.5. The SMILES string of the molecule is Cc1nc(NC(C)c2cccc(C3CC3(F)F)c2F)c2cc3c(cc2n1)OCC1(COC1)CO3. The first-order valence-corrected chi connectivity index (χ1v) is 11.3. The van der Waals surface area contributed by atoms with Gasteiger partial charge in [-0.05, 0) is 25.5 Å². The summed E-state index contributed by atoms with van der Waals surface area (Å²) in [5.74, 6) is -2.25. The fourth-order valence-electron chi connectivity index (χ4n) is 4.65. The van der Waals surface area contributed by atoms with E-state index >= 15 is 4.39 Å². The molecule has 2 aromatic carbocycles. The fraction of sp³-hybridized carbons (Fsp3) is 0.440. The Morgan fingerprint density at radius 3 is 2.41 bits per heavy atom. The minimum atomic E-state index is -2.83. The number of halogens is 3. The number of hydrogen-bond acceptors (Lipinski definition) is 6. The number of ether oxygens (including phenoxy) is 3. The van der Waals surface area contributed by atoms with Crippen LogP contribution in [0.15, 0.2) is 30.3 Å². The Bertz CT molecular complexity index is 1300. The summed E-state index contributed by atoms with van der Waals surface area (Å²) >= 11 is 0. The van der Waals surface area contributed by atoms with Gasteiger partial charge in [-0.1, -0.05) is 18.2 Å². The van der Waals surface area contributed by atoms with Gasteiger partial charge in [-0.3, -0.25) is 0 Å². The molecule has 1 aromatic heterocycles.